The number of sulfonamides is 1. The van der Waals surface area contributed by atoms with E-state index in [4.69, 9.17) is 16.3 Å². The molecule has 0 spiro atoms. The van der Waals surface area contributed by atoms with Gasteiger partial charge in [-0.2, -0.15) is 4.31 Å². The smallest absolute Gasteiger partial charge is 0.337 e. The van der Waals surface area contributed by atoms with Gasteiger partial charge in [-0.05, 0) is 61.2 Å². The largest absolute Gasteiger partial charge is 0.465 e. The van der Waals surface area contributed by atoms with Crippen LogP contribution in [0, 0.1) is 0 Å². The molecule has 1 amide bonds. The molecule has 0 bridgehead atoms. The zero-order valence-electron chi connectivity index (χ0n) is 16.5. The van der Waals surface area contributed by atoms with Gasteiger partial charge in [-0.1, -0.05) is 23.7 Å². The lowest BCUT2D eigenvalue weighted by atomic mass is 10.1. The summed E-state index contributed by atoms with van der Waals surface area (Å²) in [6, 6.07) is 11.5. The first kappa shape index (κ1) is 22.3. The number of carbonyl (C=O) groups excluding carboxylic acids is 2. The predicted octanol–water partition coefficient (Wildman–Crippen LogP) is 2.99. The second-order valence-corrected chi connectivity index (χ2v) is 9.33. The van der Waals surface area contributed by atoms with E-state index in [9.17, 15) is 18.0 Å². The molecule has 0 aromatic heterocycles. The van der Waals surface area contributed by atoms with E-state index in [-0.39, 0.29) is 17.3 Å². The number of halogens is 1. The van der Waals surface area contributed by atoms with Gasteiger partial charge >= 0.3 is 5.97 Å². The molecule has 1 saturated heterocycles. The van der Waals surface area contributed by atoms with E-state index in [1.807, 2.05) is 0 Å². The van der Waals surface area contributed by atoms with Crippen molar-refractivity contribution in [2.75, 3.05) is 13.7 Å². The fourth-order valence-corrected chi connectivity index (χ4v) is 5.13. The molecule has 1 N–H and O–H groups in total. The fourth-order valence-electron chi connectivity index (χ4n) is 3.40. The molecule has 30 heavy (non-hydrogen) atoms. The Hall–Kier alpha value is -2.42. The summed E-state index contributed by atoms with van der Waals surface area (Å²) in [7, 11) is -2.73. The van der Waals surface area contributed by atoms with Gasteiger partial charge in [0, 0.05) is 18.1 Å². The van der Waals surface area contributed by atoms with Crippen LogP contribution in [0.2, 0.25) is 5.02 Å². The summed E-state index contributed by atoms with van der Waals surface area (Å²) in [6.07, 6.45) is 1.92. The van der Waals surface area contributed by atoms with Crippen LogP contribution in [0.5, 0.6) is 0 Å². The van der Waals surface area contributed by atoms with Gasteiger partial charge in [0.15, 0.2) is 0 Å². The molecule has 7 nitrogen and oxygen atoms in total. The molecule has 2 aromatic rings. The van der Waals surface area contributed by atoms with Crippen molar-refractivity contribution in [1.82, 2.24) is 9.62 Å². The SMILES string of the molecule is COC(=O)c1cccc(CN([C@@H]2CCCCNC2=O)S(=O)(=O)c2ccc(Cl)cc2)c1. The summed E-state index contributed by atoms with van der Waals surface area (Å²) >= 11 is 5.91. The Morgan fingerprint density at radius 2 is 1.93 bits per heavy atom. The number of esters is 1. The molecule has 0 saturated carbocycles. The lowest BCUT2D eigenvalue weighted by molar-refractivity contribution is -0.124. The summed E-state index contributed by atoms with van der Waals surface area (Å²) in [5.74, 6) is -0.842. The molecule has 0 radical (unpaired) electrons. The Kier molecular flexibility index (Phi) is 7.12. The molecule has 0 unspecified atom stereocenters. The Bertz CT molecular complexity index is 1020. The van der Waals surface area contributed by atoms with Crippen LogP contribution in [0.15, 0.2) is 53.4 Å². The van der Waals surface area contributed by atoms with Crippen molar-refractivity contribution in [2.45, 2.75) is 36.7 Å². The van der Waals surface area contributed by atoms with Crippen molar-refractivity contribution in [2.24, 2.45) is 0 Å². The Labute approximate surface area is 181 Å². The third kappa shape index (κ3) is 5.00. The average Bonchev–Trinajstić information content (AvgIpc) is 2.96. The first-order chi connectivity index (χ1) is 14.3. The summed E-state index contributed by atoms with van der Waals surface area (Å²) in [4.78, 5) is 24.6. The highest BCUT2D eigenvalue weighted by molar-refractivity contribution is 7.89. The summed E-state index contributed by atoms with van der Waals surface area (Å²) in [6.45, 7) is 0.454. The summed E-state index contributed by atoms with van der Waals surface area (Å²) in [5.41, 5.74) is 0.886. The number of methoxy groups -OCH3 is 1. The second-order valence-electron chi connectivity index (χ2n) is 7.00. The molecule has 3 rings (SSSR count). The predicted molar refractivity (Wildman–Crippen MR) is 113 cm³/mol. The Balaban J connectivity index is 2.02. The number of carbonyl (C=O) groups is 2. The summed E-state index contributed by atoms with van der Waals surface area (Å²) in [5, 5.41) is 3.21. The zero-order valence-corrected chi connectivity index (χ0v) is 18.1. The molecule has 160 valence electrons. The third-order valence-corrected chi connectivity index (χ3v) is 7.08. The van der Waals surface area contributed by atoms with Crippen LogP contribution in [0.25, 0.3) is 0 Å². The molecule has 1 aliphatic heterocycles. The fraction of sp³-hybridized carbons (Fsp3) is 0.333. The van der Waals surface area contributed by atoms with Crippen LogP contribution >= 0.6 is 11.6 Å². The van der Waals surface area contributed by atoms with E-state index < -0.39 is 22.0 Å². The van der Waals surface area contributed by atoms with Crippen molar-refractivity contribution in [3.05, 3.63) is 64.7 Å². The lowest BCUT2D eigenvalue weighted by Gasteiger charge is -2.29. The van der Waals surface area contributed by atoms with Gasteiger partial charge in [0.25, 0.3) is 0 Å². The highest BCUT2D eigenvalue weighted by Crippen LogP contribution is 2.26. The maximum Gasteiger partial charge on any atom is 0.337 e. The minimum atomic E-state index is -4.01. The number of ether oxygens (including phenoxy) is 1. The quantitative estimate of drug-likeness (QED) is 0.683. The minimum absolute atomic E-state index is 0.0491. The van der Waals surface area contributed by atoms with Crippen LogP contribution < -0.4 is 5.32 Å². The average molecular weight is 451 g/mol. The molecule has 9 heteroatoms. The number of nitrogens with zero attached hydrogens (tertiary/aromatic N) is 1. The van der Waals surface area contributed by atoms with Gasteiger partial charge in [-0.15, -0.1) is 0 Å². The van der Waals surface area contributed by atoms with Crippen LogP contribution in [0.3, 0.4) is 0 Å². The number of benzene rings is 2. The van der Waals surface area contributed by atoms with Crippen LogP contribution in [-0.2, 0) is 26.1 Å². The van der Waals surface area contributed by atoms with E-state index in [1.54, 1.807) is 24.3 Å². The van der Waals surface area contributed by atoms with Crippen molar-refractivity contribution in [1.29, 1.82) is 0 Å². The topological polar surface area (TPSA) is 92.8 Å². The molecular weight excluding hydrogens is 428 g/mol. The maximum absolute atomic E-state index is 13.5. The van der Waals surface area contributed by atoms with Crippen molar-refractivity contribution in [3.63, 3.8) is 0 Å². The van der Waals surface area contributed by atoms with Gasteiger partial charge < -0.3 is 10.1 Å². The Morgan fingerprint density at radius 1 is 1.20 bits per heavy atom. The van der Waals surface area contributed by atoms with E-state index >= 15 is 0 Å². The second kappa shape index (κ2) is 9.59. The highest BCUT2D eigenvalue weighted by Gasteiger charge is 2.36. The first-order valence-electron chi connectivity index (χ1n) is 9.55. The van der Waals surface area contributed by atoms with Crippen molar-refractivity contribution < 1.29 is 22.7 Å². The van der Waals surface area contributed by atoms with E-state index in [0.717, 1.165) is 12.8 Å². The molecule has 2 aromatic carbocycles. The van der Waals surface area contributed by atoms with Gasteiger partial charge in [0.2, 0.25) is 15.9 Å². The standard InChI is InChI=1S/C21H23ClN2O5S/c1-29-21(26)16-6-4-5-15(13-16)14-24(19-7-2-3-12-23-20(19)25)30(27,28)18-10-8-17(22)9-11-18/h4-6,8-11,13,19H,2-3,7,12,14H2,1H3,(H,23,25)/t19-/m1/s1. The number of amides is 1. The molecule has 1 fully saturated rings. The number of hydrogen-bond donors (Lipinski definition) is 1. The van der Waals surface area contributed by atoms with Crippen molar-refractivity contribution in [3.8, 4) is 0 Å². The third-order valence-electron chi connectivity index (χ3n) is 4.96. The van der Waals surface area contributed by atoms with Gasteiger partial charge in [-0.3, -0.25) is 4.79 Å². The normalized spacial score (nSPS) is 17.3. The number of rotatable bonds is 6. The number of nitrogens with one attached hydrogen (secondary N) is 1. The zero-order chi connectivity index (χ0) is 21.7. The van der Waals surface area contributed by atoms with Gasteiger partial charge in [0.1, 0.15) is 6.04 Å². The van der Waals surface area contributed by atoms with Crippen LogP contribution in [-0.4, -0.2) is 44.3 Å². The van der Waals surface area contributed by atoms with Crippen LogP contribution in [0.1, 0.15) is 35.2 Å². The molecule has 0 aliphatic carbocycles. The monoisotopic (exact) mass is 450 g/mol. The minimum Gasteiger partial charge on any atom is -0.465 e. The van der Waals surface area contributed by atoms with Gasteiger partial charge in [-0.25, -0.2) is 13.2 Å². The Morgan fingerprint density at radius 3 is 2.63 bits per heavy atom. The summed E-state index contributed by atoms with van der Waals surface area (Å²) < 4.78 is 32.9. The highest BCUT2D eigenvalue weighted by atomic mass is 35.5. The first-order valence-corrected chi connectivity index (χ1v) is 11.4. The van der Waals surface area contributed by atoms with Crippen LogP contribution in [0.4, 0.5) is 0 Å². The lowest BCUT2D eigenvalue weighted by Crippen LogP contribution is -2.48. The van der Waals surface area contributed by atoms with E-state index in [0.29, 0.717) is 29.1 Å². The van der Waals surface area contributed by atoms with E-state index in [2.05, 4.69) is 5.32 Å². The van der Waals surface area contributed by atoms with Crippen molar-refractivity contribution >= 4 is 33.5 Å². The molecule has 1 heterocycles. The maximum atomic E-state index is 13.5. The van der Waals surface area contributed by atoms with Gasteiger partial charge in [0.05, 0.1) is 17.6 Å². The van der Waals surface area contributed by atoms with E-state index in [1.165, 1.54) is 35.7 Å². The molecule has 1 atom stereocenters. The number of hydrogen-bond acceptors (Lipinski definition) is 5. The molecular formula is C21H23ClN2O5S. The molecule has 1 aliphatic rings.